The number of para-hydroxylation sites is 2. The van der Waals surface area contributed by atoms with Gasteiger partial charge in [-0.3, -0.25) is 14.8 Å². The van der Waals surface area contributed by atoms with Gasteiger partial charge in [-0.05, 0) is 83.6 Å². The van der Waals surface area contributed by atoms with Crippen molar-refractivity contribution in [3.05, 3.63) is 144 Å². The van der Waals surface area contributed by atoms with Gasteiger partial charge in [0.2, 0.25) is 0 Å². The third-order valence-corrected chi connectivity index (χ3v) is 8.00. The summed E-state index contributed by atoms with van der Waals surface area (Å²) in [5, 5.41) is 1.50. The molecule has 0 N–H and O–H groups in total. The molecular formula is C37H26F6N2O3. The number of alkyl halides is 6. The van der Waals surface area contributed by atoms with Crippen LogP contribution in [0.2, 0.25) is 0 Å². The van der Waals surface area contributed by atoms with Crippen molar-refractivity contribution in [2.45, 2.75) is 37.4 Å². The quantitative estimate of drug-likeness (QED) is 0.137. The molecular weight excluding hydrogens is 634 g/mol. The SMILES string of the molecule is O=C(C(Cc1ccnc2ccccc12)c1cccc(OC(F)(F)F)c1)C(Cc1ccnc2ccccc12)c1cccc(OC(F)(F)F)c1. The zero-order valence-corrected chi connectivity index (χ0v) is 25.0. The lowest BCUT2D eigenvalue weighted by Crippen LogP contribution is -2.25. The van der Waals surface area contributed by atoms with Crippen LogP contribution in [0, 0.1) is 0 Å². The van der Waals surface area contributed by atoms with Crippen molar-refractivity contribution in [1.82, 2.24) is 9.97 Å². The molecule has 0 spiro atoms. The molecule has 48 heavy (non-hydrogen) atoms. The summed E-state index contributed by atoms with van der Waals surface area (Å²) >= 11 is 0. The number of hydrogen-bond acceptors (Lipinski definition) is 5. The highest BCUT2D eigenvalue weighted by molar-refractivity contribution is 5.94. The van der Waals surface area contributed by atoms with E-state index in [0.29, 0.717) is 22.2 Å². The molecule has 6 rings (SSSR count). The maximum absolute atomic E-state index is 15.0. The number of carbonyl (C=O) groups excluding carboxylic acids is 1. The molecule has 0 saturated carbocycles. The highest BCUT2D eigenvalue weighted by atomic mass is 19.4. The standard InChI is InChI=1S/C37H26F6N2O3/c38-36(39,40)47-27-9-5-7-23(19-27)31(21-25-15-17-44-33-13-3-1-11-29(25)33)35(46)32(24-8-6-10-28(20-24)48-37(41,42)43)22-26-16-18-45-34-14-4-2-12-30(26)34/h1-20,31-32H,21-22H2. The number of nitrogens with zero attached hydrogens (tertiary/aromatic N) is 2. The summed E-state index contributed by atoms with van der Waals surface area (Å²) in [5.74, 6) is -3.52. The van der Waals surface area contributed by atoms with Crippen LogP contribution in [0.5, 0.6) is 11.5 Å². The molecule has 2 heterocycles. The second-order valence-corrected chi connectivity index (χ2v) is 11.1. The van der Waals surface area contributed by atoms with Crippen LogP contribution in [0.1, 0.15) is 34.1 Å². The number of fused-ring (bicyclic) bond motifs is 2. The van der Waals surface area contributed by atoms with Crippen molar-refractivity contribution in [2.75, 3.05) is 0 Å². The number of pyridine rings is 2. The average molecular weight is 661 g/mol. The van der Waals surface area contributed by atoms with E-state index < -0.39 is 41.8 Å². The molecule has 4 aromatic carbocycles. The lowest BCUT2D eigenvalue weighted by molar-refractivity contribution is -0.275. The Morgan fingerprint density at radius 2 is 0.979 bits per heavy atom. The van der Waals surface area contributed by atoms with E-state index >= 15 is 0 Å². The van der Waals surface area contributed by atoms with Gasteiger partial charge in [0.25, 0.3) is 0 Å². The number of halogens is 6. The predicted molar refractivity (Wildman–Crippen MR) is 168 cm³/mol. The molecule has 6 aromatic rings. The van der Waals surface area contributed by atoms with E-state index in [-0.39, 0.29) is 24.0 Å². The van der Waals surface area contributed by atoms with E-state index in [1.807, 2.05) is 36.4 Å². The maximum atomic E-state index is 15.0. The summed E-state index contributed by atoms with van der Waals surface area (Å²) in [5.41, 5.74) is 3.23. The smallest absolute Gasteiger partial charge is 0.406 e. The molecule has 2 atom stereocenters. The number of benzene rings is 4. The Kier molecular flexibility index (Phi) is 9.03. The third kappa shape index (κ3) is 7.74. The zero-order chi connectivity index (χ0) is 33.9. The van der Waals surface area contributed by atoms with Crippen molar-refractivity contribution < 1.29 is 40.6 Å². The van der Waals surface area contributed by atoms with Crippen LogP contribution < -0.4 is 9.47 Å². The number of hydrogen-bond donors (Lipinski definition) is 0. The summed E-state index contributed by atoms with van der Waals surface area (Å²) in [6.45, 7) is 0. The Labute approximate surface area is 270 Å². The second-order valence-electron chi connectivity index (χ2n) is 11.1. The van der Waals surface area contributed by atoms with Gasteiger partial charge in [-0.1, -0.05) is 60.7 Å². The topological polar surface area (TPSA) is 61.3 Å². The van der Waals surface area contributed by atoms with Crippen LogP contribution >= 0.6 is 0 Å². The molecule has 244 valence electrons. The van der Waals surface area contributed by atoms with E-state index in [0.717, 1.165) is 22.9 Å². The molecule has 0 aliphatic rings. The fraction of sp³-hybridized carbons (Fsp3) is 0.162. The van der Waals surface area contributed by atoms with E-state index in [1.54, 1.807) is 36.7 Å². The molecule has 0 aliphatic heterocycles. The van der Waals surface area contributed by atoms with Crippen molar-refractivity contribution in [3.8, 4) is 11.5 Å². The second kappa shape index (κ2) is 13.3. The first kappa shape index (κ1) is 32.5. The van der Waals surface area contributed by atoms with E-state index in [1.165, 1.54) is 36.4 Å². The predicted octanol–water partition coefficient (Wildman–Crippen LogP) is 9.50. The zero-order valence-electron chi connectivity index (χ0n) is 25.0. The molecule has 0 fully saturated rings. The van der Waals surface area contributed by atoms with E-state index in [9.17, 15) is 31.1 Å². The molecule has 0 radical (unpaired) electrons. The normalized spacial score (nSPS) is 13.3. The molecule has 0 bridgehead atoms. The van der Waals surface area contributed by atoms with Crippen molar-refractivity contribution in [1.29, 1.82) is 0 Å². The largest absolute Gasteiger partial charge is 0.573 e. The van der Waals surface area contributed by atoms with Gasteiger partial charge in [0.1, 0.15) is 17.3 Å². The van der Waals surface area contributed by atoms with Crippen LogP contribution in [0.15, 0.2) is 122 Å². The summed E-state index contributed by atoms with van der Waals surface area (Å²) in [7, 11) is 0. The number of aromatic nitrogens is 2. The minimum Gasteiger partial charge on any atom is -0.406 e. The molecule has 0 aliphatic carbocycles. The highest BCUT2D eigenvalue weighted by Gasteiger charge is 2.35. The Morgan fingerprint density at radius 1 is 0.562 bits per heavy atom. The fourth-order valence-electron chi connectivity index (χ4n) is 5.97. The Hall–Kier alpha value is -5.45. The van der Waals surface area contributed by atoms with Gasteiger partial charge in [-0.25, -0.2) is 0 Å². The fourth-order valence-corrected chi connectivity index (χ4v) is 5.97. The first-order valence-corrected chi connectivity index (χ1v) is 14.8. The monoisotopic (exact) mass is 660 g/mol. The van der Waals surface area contributed by atoms with Gasteiger partial charge >= 0.3 is 12.7 Å². The number of ketones is 1. The Morgan fingerprint density at radius 3 is 1.40 bits per heavy atom. The molecule has 0 amide bonds. The molecule has 2 unspecified atom stereocenters. The summed E-state index contributed by atoms with van der Waals surface area (Å²) in [4.78, 5) is 23.7. The molecule has 0 saturated heterocycles. The van der Waals surface area contributed by atoms with Gasteiger partial charge in [0.15, 0.2) is 0 Å². The van der Waals surface area contributed by atoms with Gasteiger partial charge in [-0.2, -0.15) is 0 Å². The van der Waals surface area contributed by atoms with Crippen LogP contribution in [0.4, 0.5) is 26.3 Å². The van der Waals surface area contributed by atoms with Gasteiger partial charge in [-0.15, -0.1) is 26.3 Å². The number of ether oxygens (including phenoxy) is 2. The summed E-state index contributed by atoms with van der Waals surface area (Å²) in [6.07, 6.45) is -6.65. The lowest BCUT2D eigenvalue weighted by Gasteiger charge is -2.25. The Bertz CT molecular complexity index is 1920. The van der Waals surface area contributed by atoms with Gasteiger partial charge in [0.05, 0.1) is 11.0 Å². The highest BCUT2D eigenvalue weighted by Crippen LogP contribution is 2.37. The van der Waals surface area contributed by atoms with Crippen molar-refractivity contribution in [2.24, 2.45) is 0 Å². The van der Waals surface area contributed by atoms with Gasteiger partial charge in [0, 0.05) is 35.0 Å². The van der Waals surface area contributed by atoms with Crippen LogP contribution in [0.25, 0.3) is 21.8 Å². The maximum Gasteiger partial charge on any atom is 0.573 e. The van der Waals surface area contributed by atoms with Crippen molar-refractivity contribution in [3.63, 3.8) is 0 Å². The number of Topliss-reactive ketones (excluding diaryl/α,β-unsaturated/α-hetero) is 1. The lowest BCUT2D eigenvalue weighted by atomic mass is 9.77. The first-order chi connectivity index (χ1) is 22.9. The minimum atomic E-state index is -4.97. The molecule has 2 aromatic heterocycles. The molecule has 11 heteroatoms. The minimum absolute atomic E-state index is 0.0592. The van der Waals surface area contributed by atoms with Crippen molar-refractivity contribution >= 4 is 27.6 Å². The number of carbonyl (C=O) groups is 1. The number of rotatable bonds is 10. The summed E-state index contributed by atoms with van der Waals surface area (Å²) in [6, 6.07) is 28.4. The van der Waals surface area contributed by atoms with Gasteiger partial charge < -0.3 is 9.47 Å². The first-order valence-electron chi connectivity index (χ1n) is 14.8. The molecule has 5 nitrogen and oxygen atoms in total. The van der Waals surface area contributed by atoms with E-state index in [2.05, 4.69) is 19.4 Å². The Balaban J connectivity index is 1.50. The average Bonchev–Trinajstić information content (AvgIpc) is 3.04. The van der Waals surface area contributed by atoms with Crippen LogP contribution in [-0.2, 0) is 17.6 Å². The summed E-state index contributed by atoms with van der Waals surface area (Å²) < 4.78 is 87.8. The van der Waals surface area contributed by atoms with E-state index in [4.69, 9.17) is 0 Å². The van der Waals surface area contributed by atoms with Crippen LogP contribution in [0.3, 0.4) is 0 Å². The third-order valence-electron chi connectivity index (χ3n) is 8.00. The van der Waals surface area contributed by atoms with Crippen LogP contribution in [-0.4, -0.2) is 28.5 Å².